The third-order valence-electron chi connectivity index (χ3n) is 5.37. The Bertz CT molecular complexity index is 892. The summed E-state index contributed by atoms with van der Waals surface area (Å²) in [6, 6.07) is 11.6. The molecular weight excluding hydrogens is 342 g/mol. The smallest absolute Gasteiger partial charge is 0.264 e. The number of rotatable bonds is 4. The van der Waals surface area contributed by atoms with Crippen LogP contribution in [-0.4, -0.2) is 58.0 Å². The minimum absolute atomic E-state index is 0.0132. The van der Waals surface area contributed by atoms with Gasteiger partial charge in [0, 0.05) is 44.9 Å². The minimum atomic E-state index is -0.514. The molecule has 138 valence electrons. The van der Waals surface area contributed by atoms with Crippen LogP contribution in [0, 0.1) is 24.2 Å². The third kappa shape index (κ3) is 3.36. The molecule has 7 nitrogen and oxygen atoms in total. The van der Waals surface area contributed by atoms with Crippen LogP contribution in [0.15, 0.2) is 36.5 Å². The van der Waals surface area contributed by atoms with Crippen molar-refractivity contribution >= 4 is 5.91 Å². The lowest BCUT2D eigenvalue weighted by molar-refractivity contribution is -0.134. The second-order valence-corrected chi connectivity index (χ2v) is 7.16. The predicted octanol–water partition coefficient (Wildman–Crippen LogP) is 1.38. The normalized spacial score (nSPS) is 24.7. The van der Waals surface area contributed by atoms with Crippen LogP contribution in [0.4, 0.5) is 0 Å². The summed E-state index contributed by atoms with van der Waals surface area (Å²) in [6.07, 6.45) is 1.13. The number of hydrogen-bond acceptors (Lipinski definition) is 6. The van der Waals surface area contributed by atoms with E-state index in [1.807, 2.05) is 36.2 Å². The van der Waals surface area contributed by atoms with Crippen molar-refractivity contribution in [1.82, 2.24) is 19.8 Å². The van der Waals surface area contributed by atoms with E-state index < -0.39 is 6.10 Å². The zero-order valence-corrected chi connectivity index (χ0v) is 15.4. The number of carbonyl (C=O) groups excluding carboxylic acids is 1. The number of likely N-dealkylation sites (N-methyl/N-ethyl adjacent to an activating group) is 1. The molecule has 1 amide bonds. The molecule has 1 aromatic carbocycles. The number of ether oxygens (including phenoxy) is 1. The fraction of sp³-hybridized carbons (Fsp3) is 0.400. The van der Waals surface area contributed by atoms with Gasteiger partial charge in [0.1, 0.15) is 5.82 Å². The van der Waals surface area contributed by atoms with Gasteiger partial charge in [-0.05, 0) is 24.6 Å². The molecule has 0 spiro atoms. The zero-order valence-electron chi connectivity index (χ0n) is 15.4. The molecule has 27 heavy (non-hydrogen) atoms. The Morgan fingerprint density at radius 3 is 2.74 bits per heavy atom. The van der Waals surface area contributed by atoms with Gasteiger partial charge in [0.15, 0.2) is 6.10 Å². The van der Waals surface area contributed by atoms with Crippen molar-refractivity contribution in [3.05, 3.63) is 53.5 Å². The highest BCUT2D eigenvalue weighted by Crippen LogP contribution is 2.34. The molecule has 0 N–H and O–H groups in total. The van der Waals surface area contributed by atoms with Crippen LogP contribution in [0.3, 0.4) is 0 Å². The second kappa shape index (κ2) is 6.97. The maximum atomic E-state index is 12.7. The molecular formula is C20H21N5O2. The number of likely N-dealkylation sites (tertiary alicyclic amines) is 2. The van der Waals surface area contributed by atoms with Gasteiger partial charge in [-0.15, -0.1) is 0 Å². The van der Waals surface area contributed by atoms with Gasteiger partial charge in [-0.3, -0.25) is 9.69 Å². The van der Waals surface area contributed by atoms with Gasteiger partial charge in [-0.2, -0.15) is 10.2 Å². The van der Waals surface area contributed by atoms with E-state index >= 15 is 0 Å². The second-order valence-electron chi connectivity index (χ2n) is 7.16. The minimum Gasteiger partial charge on any atom is -0.464 e. The lowest BCUT2D eigenvalue weighted by Crippen LogP contribution is -2.38. The largest absolute Gasteiger partial charge is 0.464 e. The van der Waals surface area contributed by atoms with E-state index in [1.165, 1.54) is 0 Å². The molecule has 0 aliphatic carbocycles. The van der Waals surface area contributed by atoms with Crippen LogP contribution in [0.25, 0.3) is 0 Å². The average molecular weight is 363 g/mol. The van der Waals surface area contributed by atoms with Gasteiger partial charge in [-0.1, -0.05) is 12.1 Å². The molecule has 0 saturated carbocycles. The van der Waals surface area contributed by atoms with Crippen LogP contribution < -0.4 is 4.74 Å². The summed E-state index contributed by atoms with van der Waals surface area (Å²) in [4.78, 5) is 25.1. The molecule has 2 aliphatic rings. The molecule has 7 heteroatoms. The Labute approximate surface area is 158 Å². The third-order valence-corrected chi connectivity index (χ3v) is 5.37. The van der Waals surface area contributed by atoms with Crippen molar-refractivity contribution in [2.24, 2.45) is 5.92 Å². The lowest BCUT2D eigenvalue weighted by atomic mass is 10.0. The number of benzene rings is 1. The molecule has 0 bridgehead atoms. The number of amides is 1. The Morgan fingerprint density at radius 2 is 2.04 bits per heavy atom. The highest BCUT2D eigenvalue weighted by molar-refractivity contribution is 5.84. The van der Waals surface area contributed by atoms with Gasteiger partial charge in [-0.25, -0.2) is 4.98 Å². The number of carbonyl (C=O) groups is 1. The first-order chi connectivity index (χ1) is 13.0. The molecule has 0 radical (unpaired) electrons. The average Bonchev–Trinajstić information content (AvgIpc) is 3.17. The quantitative estimate of drug-likeness (QED) is 0.816. The molecule has 2 saturated heterocycles. The summed E-state index contributed by atoms with van der Waals surface area (Å²) >= 11 is 0. The van der Waals surface area contributed by atoms with E-state index in [9.17, 15) is 4.79 Å². The summed E-state index contributed by atoms with van der Waals surface area (Å²) < 4.78 is 5.98. The molecule has 2 aliphatic heterocycles. The van der Waals surface area contributed by atoms with Crippen LogP contribution in [0.2, 0.25) is 0 Å². The molecule has 4 rings (SSSR count). The zero-order chi connectivity index (χ0) is 19.0. The first-order valence-corrected chi connectivity index (χ1v) is 8.99. The number of aromatic nitrogens is 2. The number of nitriles is 1. The summed E-state index contributed by atoms with van der Waals surface area (Å²) in [6.45, 7) is 4.19. The van der Waals surface area contributed by atoms with Crippen molar-refractivity contribution in [1.29, 1.82) is 5.26 Å². The maximum absolute atomic E-state index is 12.7. The maximum Gasteiger partial charge on any atom is 0.264 e. The highest BCUT2D eigenvalue weighted by Gasteiger charge is 2.52. The van der Waals surface area contributed by atoms with Gasteiger partial charge >= 0.3 is 0 Å². The Kier molecular flexibility index (Phi) is 4.50. The molecule has 0 unspecified atom stereocenters. The number of nitrogens with zero attached hydrogens (tertiary/aromatic N) is 5. The lowest BCUT2D eigenvalue weighted by Gasteiger charge is -2.22. The van der Waals surface area contributed by atoms with Crippen molar-refractivity contribution in [2.75, 3.05) is 20.1 Å². The van der Waals surface area contributed by atoms with Crippen molar-refractivity contribution in [2.45, 2.75) is 25.6 Å². The van der Waals surface area contributed by atoms with E-state index in [-0.39, 0.29) is 17.9 Å². The van der Waals surface area contributed by atoms with Crippen LogP contribution in [-0.2, 0) is 11.3 Å². The first kappa shape index (κ1) is 17.4. The number of hydrogen-bond donors (Lipinski definition) is 0. The Balaban J connectivity index is 1.47. The standard InChI is InChI=1S/C20H21N5O2/c1-13-22-8-7-18(23-13)27-19-16-11-25(12-17(16)24(2)20(19)26)10-15-5-3-14(9-21)4-6-15/h3-8,16-17,19H,10-12H2,1-2H3/t16-,17+,19-/m0/s1. The summed E-state index contributed by atoms with van der Waals surface area (Å²) in [5, 5.41) is 8.92. The van der Waals surface area contributed by atoms with Gasteiger partial charge in [0.2, 0.25) is 5.88 Å². The molecule has 2 fully saturated rings. The summed E-state index contributed by atoms with van der Waals surface area (Å²) in [7, 11) is 1.85. The fourth-order valence-electron chi connectivity index (χ4n) is 3.99. The van der Waals surface area contributed by atoms with Crippen LogP contribution >= 0.6 is 0 Å². The van der Waals surface area contributed by atoms with Gasteiger partial charge in [0.05, 0.1) is 17.7 Å². The molecule has 2 aromatic rings. The van der Waals surface area contributed by atoms with E-state index in [0.29, 0.717) is 17.3 Å². The fourth-order valence-corrected chi connectivity index (χ4v) is 3.99. The molecule has 3 heterocycles. The van der Waals surface area contributed by atoms with Gasteiger partial charge < -0.3 is 9.64 Å². The van der Waals surface area contributed by atoms with Gasteiger partial charge in [0.25, 0.3) is 5.91 Å². The van der Waals surface area contributed by atoms with E-state index in [2.05, 4.69) is 20.9 Å². The van der Waals surface area contributed by atoms with Crippen molar-refractivity contribution in [3.8, 4) is 11.9 Å². The number of fused-ring (bicyclic) bond motifs is 1. The van der Waals surface area contributed by atoms with E-state index in [1.54, 1.807) is 19.2 Å². The first-order valence-electron chi connectivity index (χ1n) is 8.99. The van der Waals surface area contributed by atoms with Crippen molar-refractivity contribution in [3.63, 3.8) is 0 Å². The summed E-state index contributed by atoms with van der Waals surface area (Å²) in [5.74, 6) is 1.19. The molecule has 1 aromatic heterocycles. The SMILES string of the molecule is Cc1nccc(O[C@@H]2C(=O)N(C)[C@@H]3CN(Cc4ccc(C#N)cc4)C[C@H]23)n1. The number of aryl methyl sites for hydroxylation is 1. The Hall–Kier alpha value is -2.98. The predicted molar refractivity (Wildman–Crippen MR) is 97.7 cm³/mol. The monoisotopic (exact) mass is 363 g/mol. The van der Waals surface area contributed by atoms with E-state index in [0.717, 1.165) is 25.2 Å². The van der Waals surface area contributed by atoms with Crippen LogP contribution in [0.1, 0.15) is 17.0 Å². The van der Waals surface area contributed by atoms with Crippen LogP contribution in [0.5, 0.6) is 5.88 Å². The molecule has 3 atom stereocenters. The van der Waals surface area contributed by atoms with Crippen molar-refractivity contribution < 1.29 is 9.53 Å². The van der Waals surface area contributed by atoms with E-state index in [4.69, 9.17) is 10.00 Å². The highest BCUT2D eigenvalue weighted by atomic mass is 16.5. The summed E-state index contributed by atoms with van der Waals surface area (Å²) in [5.41, 5.74) is 1.82. The Morgan fingerprint density at radius 1 is 1.26 bits per heavy atom. The topological polar surface area (TPSA) is 82.4 Å².